The second-order valence-electron chi connectivity index (χ2n) is 6.76. The van der Waals surface area contributed by atoms with E-state index in [2.05, 4.69) is 10.6 Å². The summed E-state index contributed by atoms with van der Waals surface area (Å²) < 4.78 is 32.1. The molecule has 26 heavy (non-hydrogen) atoms. The van der Waals surface area contributed by atoms with E-state index in [9.17, 15) is 18.4 Å². The number of ether oxygens (including phenoxy) is 1. The van der Waals surface area contributed by atoms with Crippen LogP contribution in [0, 0.1) is 11.6 Å². The molecule has 0 bridgehead atoms. The lowest BCUT2D eigenvalue weighted by Gasteiger charge is -2.37. The summed E-state index contributed by atoms with van der Waals surface area (Å²) in [5.41, 5.74) is -0.0728. The minimum atomic E-state index is -0.892. The summed E-state index contributed by atoms with van der Waals surface area (Å²) in [4.78, 5) is 28.0. The van der Waals surface area contributed by atoms with E-state index in [4.69, 9.17) is 4.74 Å². The van der Waals surface area contributed by atoms with Crippen LogP contribution in [0.2, 0.25) is 0 Å². The number of methoxy groups -OCH3 is 1. The number of rotatable bonds is 3. The average molecular weight is 368 g/mol. The smallest absolute Gasteiger partial charge is 0.322 e. The van der Waals surface area contributed by atoms with Gasteiger partial charge in [0.25, 0.3) is 0 Å². The molecule has 0 aromatic heterocycles. The van der Waals surface area contributed by atoms with E-state index in [1.807, 2.05) is 13.8 Å². The molecule has 1 aromatic rings. The monoisotopic (exact) mass is 368 g/mol. The van der Waals surface area contributed by atoms with Crippen molar-refractivity contribution in [2.75, 3.05) is 25.5 Å². The number of nitrogens with one attached hydrogen (secondary N) is 2. The molecule has 1 aromatic carbocycles. The maximum Gasteiger partial charge on any atom is 0.322 e. The molecule has 0 saturated carbocycles. The molecule has 4 amide bonds. The van der Waals surface area contributed by atoms with Gasteiger partial charge < -0.3 is 25.2 Å². The zero-order chi connectivity index (χ0) is 19.0. The largest absolute Gasteiger partial charge is 0.492 e. The molecular formula is C17H22F2N4O3. The first kappa shape index (κ1) is 18.2. The van der Waals surface area contributed by atoms with Gasteiger partial charge >= 0.3 is 12.1 Å². The molecule has 2 N–H and O–H groups in total. The molecule has 0 aliphatic carbocycles. The molecule has 9 heteroatoms. The zero-order valence-corrected chi connectivity index (χ0v) is 14.9. The van der Waals surface area contributed by atoms with Crippen LogP contribution in [0.3, 0.4) is 0 Å². The third kappa shape index (κ3) is 3.25. The van der Waals surface area contributed by atoms with E-state index >= 15 is 0 Å². The molecule has 7 nitrogen and oxygen atoms in total. The summed E-state index contributed by atoms with van der Waals surface area (Å²) in [6, 6.07) is 1.00. The van der Waals surface area contributed by atoms with E-state index in [0.717, 1.165) is 6.07 Å². The number of anilines is 1. The molecule has 2 heterocycles. The summed E-state index contributed by atoms with van der Waals surface area (Å²) in [7, 11) is 1.24. The number of carbonyl (C=O) groups excluding carboxylic acids is 2. The van der Waals surface area contributed by atoms with Crippen molar-refractivity contribution in [1.82, 2.24) is 15.1 Å². The number of amides is 4. The van der Waals surface area contributed by atoms with Gasteiger partial charge in [0.2, 0.25) is 0 Å². The fourth-order valence-electron chi connectivity index (χ4n) is 3.66. The van der Waals surface area contributed by atoms with Gasteiger partial charge in [0.1, 0.15) is 5.82 Å². The van der Waals surface area contributed by atoms with Gasteiger partial charge in [-0.1, -0.05) is 0 Å². The molecular weight excluding hydrogens is 346 g/mol. The van der Waals surface area contributed by atoms with Crippen LogP contribution in [0.4, 0.5) is 24.1 Å². The number of hydrogen-bond acceptors (Lipinski definition) is 3. The highest BCUT2D eigenvalue weighted by atomic mass is 19.1. The Morgan fingerprint density at radius 2 is 2.12 bits per heavy atom. The molecule has 2 saturated heterocycles. The Morgan fingerprint density at radius 1 is 1.38 bits per heavy atom. The fourth-order valence-corrected chi connectivity index (χ4v) is 3.66. The maximum atomic E-state index is 13.8. The predicted octanol–water partition coefficient (Wildman–Crippen LogP) is 2.38. The van der Waals surface area contributed by atoms with Crippen molar-refractivity contribution in [3.63, 3.8) is 0 Å². The lowest BCUT2D eigenvalue weighted by Crippen LogP contribution is -2.54. The van der Waals surface area contributed by atoms with Crippen molar-refractivity contribution in [3.8, 4) is 5.75 Å². The Morgan fingerprint density at radius 3 is 2.77 bits per heavy atom. The molecule has 2 atom stereocenters. The van der Waals surface area contributed by atoms with Crippen LogP contribution < -0.4 is 15.4 Å². The average Bonchev–Trinajstić information content (AvgIpc) is 2.89. The number of piperidine rings is 1. The number of carbonyl (C=O) groups is 2. The van der Waals surface area contributed by atoms with E-state index in [0.29, 0.717) is 25.6 Å². The SMILES string of the molecule is COc1c(F)cc(F)cc1NC(=O)N1CC[C@H]2[C@@H](C1)NC(=O)N2C(C)C. The molecule has 3 rings (SSSR count). The Labute approximate surface area is 150 Å². The fraction of sp³-hybridized carbons (Fsp3) is 0.529. The van der Waals surface area contributed by atoms with Crippen LogP contribution in [-0.4, -0.2) is 60.2 Å². The van der Waals surface area contributed by atoms with Gasteiger partial charge in [-0.25, -0.2) is 18.4 Å². The lowest BCUT2D eigenvalue weighted by atomic mass is 9.99. The first-order valence-electron chi connectivity index (χ1n) is 8.49. The van der Waals surface area contributed by atoms with E-state index < -0.39 is 17.7 Å². The summed E-state index contributed by atoms with van der Waals surface area (Å²) in [6.45, 7) is 4.66. The zero-order valence-electron chi connectivity index (χ0n) is 14.9. The number of nitrogens with zero attached hydrogens (tertiary/aromatic N) is 2. The number of hydrogen-bond donors (Lipinski definition) is 2. The molecule has 2 aliphatic rings. The van der Waals surface area contributed by atoms with Gasteiger partial charge in [0.15, 0.2) is 11.6 Å². The second-order valence-corrected chi connectivity index (χ2v) is 6.76. The Balaban J connectivity index is 1.71. The van der Waals surface area contributed by atoms with Crippen LogP contribution in [-0.2, 0) is 0 Å². The third-order valence-electron chi connectivity index (χ3n) is 4.77. The predicted molar refractivity (Wildman–Crippen MR) is 91.2 cm³/mol. The van der Waals surface area contributed by atoms with E-state index in [-0.39, 0.29) is 35.6 Å². The number of urea groups is 2. The topological polar surface area (TPSA) is 73.9 Å². The van der Waals surface area contributed by atoms with Gasteiger partial charge in [-0.3, -0.25) is 0 Å². The number of halogens is 2. The van der Waals surface area contributed by atoms with Crippen molar-refractivity contribution in [1.29, 1.82) is 0 Å². The summed E-state index contributed by atoms with van der Waals surface area (Å²) in [5.74, 6) is -1.93. The molecule has 0 unspecified atom stereocenters. The summed E-state index contributed by atoms with van der Waals surface area (Å²) in [5, 5.41) is 5.39. The van der Waals surface area contributed by atoms with Crippen LogP contribution >= 0.6 is 0 Å². The van der Waals surface area contributed by atoms with Crippen molar-refractivity contribution in [2.24, 2.45) is 0 Å². The van der Waals surface area contributed by atoms with Crippen molar-refractivity contribution >= 4 is 17.7 Å². The first-order chi connectivity index (χ1) is 12.3. The maximum absolute atomic E-state index is 13.8. The Hall–Kier alpha value is -2.58. The molecule has 2 fully saturated rings. The minimum absolute atomic E-state index is 0.0349. The molecule has 142 valence electrons. The summed E-state index contributed by atoms with van der Waals surface area (Å²) >= 11 is 0. The van der Waals surface area contributed by atoms with Gasteiger partial charge in [-0.15, -0.1) is 0 Å². The Kier molecular flexibility index (Phi) is 4.88. The van der Waals surface area contributed by atoms with E-state index in [1.165, 1.54) is 12.0 Å². The van der Waals surface area contributed by atoms with Crippen molar-refractivity contribution in [2.45, 2.75) is 38.4 Å². The highest BCUT2D eigenvalue weighted by Gasteiger charge is 2.44. The van der Waals surface area contributed by atoms with Crippen molar-refractivity contribution < 1.29 is 23.1 Å². The van der Waals surface area contributed by atoms with Gasteiger partial charge in [-0.05, 0) is 20.3 Å². The number of fused-ring (bicyclic) bond motifs is 1. The minimum Gasteiger partial charge on any atom is -0.492 e. The van der Waals surface area contributed by atoms with Gasteiger partial charge in [0.05, 0.1) is 24.9 Å². The highest BCUT2D eigenvalue weighted by molar-refractivity contribution is 5.91. The van der Waals surface area contributed by atoms with Gasteiger partial charge in [0, 0.05) is 31.3 Å². The van der Waals surface area contributed by atoms with Crippen LogP contribution in [0.5, 0.6) is 5.75 Å². The molecule has 0 radical (unpaired) electrons. The van der Waals surface area contributed by atoms with Gasteiger partial charge in [-0.2, -0.15) is 0 Å². The summed E-state index contributed by atoms with van der Waals surface area (Å²) in [6.07, 6.45) is 0.629. The molecule has 0 spiro atoms. The normalized spacial score (nSPS) is 22.3. The quantitative estimate of drug-likeness (QED) is 0.860. The van der Waals surface area contributed by atoms with Crippen LogP contribution in [0.25, 0.3) is 0 Å². The number of likely N-dealkylation sites (tertiary alicyclic amines) is 1. The number of benzene rings is 1. The standard InChI is InChI=1S/C17H22F2N4O3/c1-9(2)23-14-4-5-22(8-13(14)21-17(23)25)16(24)20-12-7-10(18)6-11(19)15(12)26-3/h6-7,9,13-14H,4-5,8H2,1-3H3,(H,20,24)(H,21,25)/t13-,14+/m1/s1. The lowest BCUT2D eigenvalue weighted by molar-refractivity contribution is 0.138. The molecule has 2 aliphatic heterocycles. The van der Waals surface area contributed by atoms with Crippen molar-refractivity contribution in [3.05, 3.63) is 23.8 Å². The third-order valence-corrected chi connectivity index (χ3v) is 4.77. The second kappa shape index (κ2) is 6.97. The van der Waals surface area contributed by atoms with E-state index in [1.54, 1.807) is 4.90 Å². The highest BCUT2D eigenvalue weighted by Crippen LogP contribution is 2.30. The van der Waals surface area contributed by atoms with Crippen LogP contribution in [0.1, 0.15) is 20.3 Å². The first-order valence-corrected chi connectivity index (χ1v) is 8.49. The van der Waals surface area contributed by atoms with Crippen LogP contribution in [0.15, 0.2) is 12.1 Å². The Bertz CT molecular complexity index is 728.